The summed E-state index contributed by atoms with van der Waals surface area (Å²) in [6, 6.07) is 8.58. The van der Waals surface area contributed by atoms with Crippen LogP contribution in [0.5, 0.6) is 0 Å². The molecule has 0 radical (unpaired) electrons. The lowest BCUT2D eigenvalue weighted by atomic mass is 9.73. The Morgan fingerprint density at radius 2 is 1.34 bits per heavy atom. The summed E-state index contributed by atoms with van der Waals surface area (Å²) in [5, 5.41) is -0.0555. The van der Waals surface area contributed by atoms with Crippen molar-refractivity contribution in [3.05, 3.63) is 43.0 Å². The second-order valence-corrected chi connectivity index (χ2v) is 27.1. The Hall–Kier alpha value is -1.07. The predicted molar refractivity (Wildman–Crippen MR) is 179 cm³/mol. The van der Waals surface area contributed by atoms with Gasteiger partial charge < -0.3 is 8.85 Å². The van der Waals surface area contributed by atoms with Crippen molar-refractivity contribution < 1.29 is 22.1 Å². The second-order valence-electron chi connectivity index (χ2n) is 15.5. The Kier molecular flexibility index (Phi) is 12.7. The molecule has 0 unspecified atom stereocenters. The molecule has 0 spiro atoms. The molecule has 0 saturated heterocycles. The molecule has 236 valence electrons. The zero-order chi connectivity index (χ0) is 32.2. The molecular formula is C33H60O5SSi2. The molecule has 0 heterocycles. The van der Waals surface area contributed by atoms with Crippen LogP contribution in [0.3, 0.4) is 0 Å². The average Bonchev–Trinajstić information content (AvgIpc) is 2.83. The molecular weight excluding hydrogens is 565 g/mol. The number of carbonyl (C=O) groups excluding carboxylic acids is 1. The van der Waals surface area contributed by atoms with Crippen LogP contribution in [0.1, 0.15) is 82.1 Å². The van der Waals surface area contributed by atoms with E-state index in [4.69, 9.17) is 8.85 Å². The van der Waals surface area contributed by atoms with Crippen molar-refractivity contribution in [2.45, 2.75) is 135 Å². The first-order chi connectivity index (χ1) is 18.3. The number of ketones is 1. The van der Waals surface area contributed by atoms with Gasteiger partial charge in [0, 0.05) is 11.3 Å². The van der Waals surface area contributed by atoms with Crippen molar-refractivity contribution >= 4 is 32.3 Å². The van der Waals surface area contributed by atoms with Crippen molar-refractivity contribution in [1.29, 1.82) is 0 Å². The van der Waals surface area contributed by atoms with E-state index in [1.54, 1.807) is 24.3 Å². The molecule has 0 aliphatic heterocycles. The van der Waals surface area contributed by atoms with Gasteiger partial charge in [-0.15, -0.1) is 6.58 Å². The van der Waals surface area contributed by atoms with Crippen LogP contribution in [0.4, 0.5) is 0 Å². The minimum absolute atomic E-state index is 0.00387. The van der Waals surface area contributed by atoms with Gasteiger partial charge in [0.15, 0.2) is 26.5 Å². The van der Waals surface area contributed by atoms with Gasteiger partial charge in [0.2, 0.25) is 0 Å². The lowest BCUT2D eigenvalue weighted by Crippen LogP contribution is -2.54. The number of benzene rings is 1. The van der Waals surface area contributed by atoms with Crippen molar-refractivity contribution in [3.63, 3.8) is 0 Å². The van der Waals surface area contributed by atoms with Gasteiger partial charge in [-0.2, -0.15) is 0 Å². The van der Waals surface area contributed by atoms with Crippen LogP contribution in [0.25, 0.3) is 0 Å². The van der Waals surface area contributed by atoms with E-state index in [2.05, 4.69) is 74.3 Å². The molecule has 0 fully saturated rings. The third-order valence-electron chi connectivity index (χ3n) is 9.71. The van der Waals surface area contributed by atoms with Crippen LogP contribution in [0.2, 0.25) is 36.3 Å². The monoisotopic (exact) mass is 624 g/mol. The third-order valence-corrected chi connectivity index (χ3v) is 20.4. The smallest absolute Gasteiger partial charge is 0.192 e. The Bertz CT molecular complexity index is 1110. The van der Waals surface area contributed by atoms with Crippen LogP contribution in [0, 0.1) is 17.3 Å². The zero-order valence-corrected chi connectivity index (χ0v) is 31.4. The van der Waals surface area contributed by atoms with E-state index in [1.165, 1.54) is 0 Å². The Morgan fingerprint density at radius 1 is 0.878 bits per heavy atom. The van der Waals surface area contributed by atoms with Crippen LogP contribution in [-0.4, -0.2) is 48.8 Å². The molecule has 0 amide bonds. The Morgan fingerprint density at radius 3 is 1.78 bits per heavy atom. The first-order valence-electron chi connectivity index (χ1n) is 15.1. The first-order valence-corrected chi connectivity index (χ1v) is 22.6. The molecule has 1 rings (SSSR count). The number of Topliss-reactive ketones (excluding diaryl/α,β-unsaturated/α-hetero) is 1. The summed E-state index contributed by atoms with van der Waals surface area (Å²) >= 11 is 0. The number of sulfone groups is 1. The van der Waals surface area contributed by atoms with E-state index in [0.717, 1.165) is 0 Å². The molecule has 41 heavy (non-hydrogen) atoms. The van der Waals surface area contributed by atoms with E-state index in [0.29, 0.717) is 17.7 Å². The maximum atomic E-state index is 14.4. The first kappa shape index (κ1) is 38.0. The molecule has 0 bridgehead atoms. The van der Waals surface area contributed by atoms with E-state index in [9.17, 15) is 13.2 Å². The molecule has 5 nitrogen and oxygen atoms in total. The average molecular weight is 625 g/mol. The molecule has 0 N–H and O–H groups in total. The quantitative estimate of drug-likeness (QED) is 0.144. The number of hydrogen-bond acceptors (Lipinski definition) is 5. The predicted octanol–water partition coefficient (Wildman–Crippen LogP) is 9.07. The molecule has 0 aliphatic carbocycles. The highest BCUT2D eigenvalue weighted by Gasteiger charge is 2.49. The molecule has 8 heteroatoms. The van der Waals surface area contributed by atoms with Crippen molar-refractivity contribution in [2.75, 3.05) is 5.75 Å². The summed E-state index contributed by atoms with van der Waals surface area (Å²) in [4.78, 5) is 14.8. The number of carbonyl (C=O) groups is 1. The standard InChI is InChI=1S/C33H60O5SSi2/c1-16-20-28(37-40(12,13)31(4,5)6)33(10,11)30(34)26(3)29(38-41(14,15)32(7,8)9)25(2)23-24-39(35,36)27-21-18-17-19-22-27/h16-19,21-22,25-26,28-29H,1,20,23-24H2,2-15H3/t25-,26+,28-,29-/m0/s1. The lowest BCUT2D eigenvalue weighted by Gasteiger charge is -2.46. The highest BCUT2D eigenvalue weighted by Crippen LogP contribution is 2.44. The maximum Gasteiger partial charge on any atom is 0.192 e. The van der Waals surface area contributed by atoms with Crippen molar-refractivity contribution in [2.24, 2.45) is 17.3 Å². The van der Waals surface area contributed by atoms with Crippen LogP contribution < -0.4 is 0 Å². The lowest BCUT2D eigenvalue weighted by molar-refractivity contribution is -0.140. The normalized spacial score (nSPS) is 17.0. The van der Waals surface area contributed by atoms with Crippen LogP contribution in [0.15, 0.2) is 47.9 Å². The highest BCUT2D eigenvalue weighted by molar-refractivity contribution is 7.91. The van der Waals surface area contributed by atoms with Crippen molar-refractivity contribution in [3.8, 4) is 0 Å². The molecule has 0 saturated carbocycles. The largest absolute Gasteiger partial charge is 0.413 e. The molecule has 4 atom stereocenters. The second kappa shape index (κ2) is 13.7. The van der Waals surface area contributed by atoms with Crippen LogP contribution >= 0.6 is 0 Å². The summed E-state index contributed by atoms with van der Waals surface area (Å²) < 4.78 is 40.1. The molecule has 1 aromatic carbocycles. The minimum Gasteiger partial charge on any atom is -0.413 e. The maximum absolute atomic E-state index is 14.4. The Labute approximate surface area is 255 Å². The van der Waals surface area contributed by atoms with E-state index in [1.807, 2.05) is 39.8 Å². The van der Waals surface area contributed by atoms with Gasteiger partial charge in [0.25, 0.3) is 0 Å². The fourth-order valence-electron chi connectivity index (χ4n) is 4.55. The molecule has 1 aromatic rings. The summed E-state index contributed by atoms with van der Waals surface area (Å²) in [6.07, 6.45) is 2.11. The van der Waals surface area contributed by atoms with Gasteiger partial charge in [-0.25, -0.2) is 8.42 Å². The van der Waals surface area contributed by atoms with E-state index < -0.39 is 43.9 Å². The third kappa shape index (κ3) is 9.72. The molecule has 0 aliphatic rings. The van der Waals surface area contributed by atoms with Crippen LogP contribution in [-0.2, 0) is 23.5 Å². The fourth-order valence-corrected chi connectivity index (χ4v) is 8.96. The van der Waals surface area contributed by atoms with E-state index in [-0.39, 0.29) is 33.6 Å². The van der Waals surface area contributed by atoms with Gasteiger partial charge >= 0.3 is 0 Å². The van der Waals surface area contributed by atoms with Gasteiger partial charge in [0.1, 0.15) is 5.78 Å². The van der Waals surface area contributed by atoms with Gasteiger partial charge in [-0.3, -0.25) is 4.79 Å². The summed E-state index contributed by atoms with van der Waals surface area (Å²) in [5.41, 5.74) is -0.784. The van der Waals surface area contributed by atoms with Crippen molar-refractivity contribution in [1.82, 2.24) is 0 Å². The zero-order valence-electron chi connectivity index (χ0n) is 28.6. The van der Waals surface area contributed by atoms with E-state index >= 15 is 0 Å². The van der Waals surface area contributed by atoms with Gasteiger partial charge in [-0.05, 0) is 67.2 Å². The number of rotatable bonds is 15. The van der Waals surface area contributed by atoms with Gasteiger partial charge in [-0.1, -0.05) is 93.5 Å². The topological polar surface area (TPSA) is 69.7 Å². The minimum atomic E-state index is -3.45. The fraction of sp³-hybridized carbons (Fsp3) is 0.727. The van der Waals surface area contributed by atoms with Gasteiger partial charge in [0.05, 0.1) is 22.9 Å². The Balaban J connectivity index is 3.42. The SMILES string of the molecule is C=CC[C@H](O[Si](C)(C)C(C)(C)C)C(C)(C)C(=O)[C@H](C)[C@@H](O[Si](C)(C)C(C)(C)C)[C@@H](C)CCS(=O)(=O)c1ccccc1. The summed E-state index contributed by atoms with van der Waals surface area (Å²) in [7, 11) is -7.90. The summed E-state index contributed by atoms with van der Waals surface area (Å²) in [5.74, 6) is -0.488. The molecule has 0 aromatic heterocycles. The highest BCUT2D eigenvalue weighted by atomic mass is 32.2. The summed E-state index contributed by atoms with van der Waals surface area (Å²) in [6.45, 7) is 33.9. The number of hydrogen-bond donors (Lipinski definition) is 0.